The summed E-state index contributed by atoms with van der Waals surface area (Å²) in [6.07, 6.45) is 4.16. The van der Waals surface area contributed by atoms with Crippen molar-refractivity contribution in [3.63, 3.8) is 0 Å². The van der Waals surface area contributed by atoms with Crippen molar-refractivity contribution in [1.29, 1.82) is 0 Å². The van der Waals surface area contributed by atoms with Gasteiger partial charge in [-0.2, -0.15) is 0 Å². The van der Waals surface area contributed by atoms with E-state index in [-0.39, 0.29) is 11.4 Å². The van der Waals surface area contributed by atoms with E-state index in [1.165, 1.54) is 30.5 Å². The minimum Gasteiger partial charge on any atom is -0.493 e. The van der Waals surface area contributed by atoms with Gasteiger partial charge in [-0.15, -0.1) is 0 Å². The van der Waals surface area contributed by atoms with Crippen LogP contribution in [-0.4, -0.2) is 24.6 Å². The predicted octanol–water partition coefficient (Wildman–Crippen LogP) is 6.53. The summed E-state index contributed by atoms with van der Waals surface area (Å²) in [5, 5.41) is 2.33. The zero-order valence-electron chi connectivity index (χ0n) is 18.5. The molecule has 0 fully saturated rings. The number of ether oxygens (including phenoxy) is 1. The van der Waals surface area contributed by atoms with Crippen LogP contribution in [0, 0.1) is 5.82 Å². The van der Waals surface area contributed by atoms with Crippen LogP contribution >= 0.6 is 23.2 Å². The molecule has 3 aromatic carbocycles. The SMILES string of the molecule is Cn1cc(CCOc2ccc(S(=O)(=O)Nc3ccc(Cl)c4c(Cl)c[nH]c34)c(F)c2)c2ccccc21. The van der Waals surface area contributed by atoms with E-state index in [1.807, 2.05) is 42.1 Å². The van der Waals surface area contributed by atoms with Gasteiger partial charge < -0.3 is 14.3 Å². The fourth-order valence-corrected chi connectivity index (χ4v) is 5.84. The Morgan fingerprint density at radius 2 is 1.89 bits per heavy atom. The number of sulfonamides is 1. The number of para-hydroxylation sites is 1. The Bertz CT molecular complexity index is 1680. The lowest BCUT2D eigenvalue weighted by Crippen LogP contribution is -2.15. The van der Waals surface area contributed by atoms with Crippen LogP contribution in [0.4, 0.5) is 10.1 Å². The molecule has 0 amide bonds. The molecule has 0 aliphatic heterocycles. The normalized spacial score (nSPS) is 11.9. The average molecular weight is 532 g/mol. The highest BCUT2D eigenvalue weighted by atomic mass is 35.5. The first-order valence-electron chi connectivity index (χ1n) is 10.7. The van der Waals surface area contributed by atoms with Gasteiger partial charge in [0.05, 0.1) is 27.9 Å². The van der Waals surface area contributed by atoms with Crippen molar-refractivity contribution in [1.82, 2.24) is 9.55 Å². The highest BCUT2D eigenvalue weighted by Crippen LogP contribution is 2.35. The Morgan fingerprint density at radius 1 is 1.09 bits per heavy atom. The summed E-state index contributed by atoms with van der Waals surface area (Å²) in [5.41, 5.74) is 2.84. The molecule has 5 aromatic rings. The number of halogens is 3. The maximum absolute atomic E-state index is 14.8. The van der Waals surface area contributed by atoms with Gasteiger partial charge in [0.1, 0.15) is 16.5 Å². The van der Waals surface area contributed by atoms with Crippen LogP contribution in [-0.2, 0) is 23.5 Å². The maximum atomic E-state index is 14.8. The fraction of sp³-hybridized carbons (Fsp3) is 0.120. The number of fused-ring (bicyclic) bond motifs is 2. The fourth-order valence-electron chi connectivity index (χ4n) is 4.15. The molecule has 6 nitrogen and oxygen atoms in total. The first-order valence-corrected chi connectivity index (χ1v) is 12.9. The lowest BCUT2D eigenvalue weighted by Gasteiger charge is -2.12. The molecule has 35 heavy (non-hydrogen) atoms. The second kappa shape index (κ2) is 9.11. The Hall–Kier alpha value is -3.20. The summed E-state index contributed by atoms with van der Waals surface area (Å²) in [6.45, 7) is 0.314. The molecule has 0 unspecified atom stereocenters. The number of anilines is 1. The van der Waals surface area contributed by atoms with E-state index in [9.17, 15) is 12.8 Å². The summed E-state index contributed by atoms with van der Waals surface area (Å²) in [7, 11) is -2.25. The lowest BCUT2D eigenvalue weighted by molar-refractivity contribution is 0.320. The smallest absolute Gasteiger partial charge is 0.264 e. The molecule has 0 bridgehead atoms. The number of H-pyrrole nitrogens is 1. The maximum Gasteiger partial charge on any atom is 0.264 e. The molecule has 180 valence electrons. The molecule has 0 saturated carbocycles. The summed E-state index contributed by atoms with van der Waals surface area (Å²) in [5.74, 6) is -0.679. The highest BCUT2D eigenvalue weighted by molar-refractivity contribution is 7.92. The Labute approximate surface area is 211 Å². The van der Waals surface area contributed by atoms with E-state index in [0.717, 1.165) is 22.5 Å². The van der Waals surface area contributed by atoms with Crippen LogP contribution in [0.25, 0.3) is 21.8 Å². The number of hydrogen-bond donors (Lipinski definition) is 2. The zero-order chi connectivity index (χ0) is 24.7. The van der Waals surface area contributed by atoms with Crippen molar-refractivity contribution in [3.8, 4) is 5.75 Å². The van der Waals surface area contributed by atoms with Crippen molar-refractivity contribution < 1.29 is 17.5 Å². The van der Waals surface area contributed by atoms with Crippen LogP contribution in [0.1, 0.15) is 5.56 Å². The van der Waals surface area contributed by atoms with E-state index in [0.29, 0.717) is 34.0 Å². The largest absolute Gasteiger partial charge is 0.493 e. The summed E-state index contributed by atoms with van der Waals surface area (Å²) in [6, 6.07) is 14.7. The van der Waals surface area contributed by atoms with Gasteiger partial charge in [-0.1, -0.05) is 41.4 Å². The molecular formula is C25H20Cl2FN3O3S. The second-order valence-corrected chi connectivity index (χ2v) is 10.5. The molecule has 2 N–H and O–H groups in total. The van der Waals surface area contributed by atoms with Gasteiger partial charge >= 0.3 is 0 Å². The Morgan fingerprint density at radius 3 is 2.69 bits per heavy atom. The first-order chi connectivity index (χ1) is 16.7. The first kappa shape index (κ1) is 23.5. The number of aryl methyl sites for hydroxylation is 1. The molecule has 0 aliphatic carbocycles. The molecule has 5 rings (SSSR count). The number of nitrogens with one attached hydrogen (secondary N) is 2. The summed E-state index contributed by atoms with van der Waals surface area (Å²) < 4.78 is 50.8. The molecule has 0 aliphatic rings. The summed E-state index contributed by atoms with van der Waals surface area (Å²) >= 11 is 12.3. The van der Waals surface area contributed by atoms with Crippen LogP contribution < -0.4 is 9.46 Å². The quantitative estimate of drug-likeness (QED) is 0.250. The number of rotatable bonds is 7. The molecule has 0 radical (unpaired) electrons. The number of aromatic nitrogens is 2. The molecule has 0 saturated heterocycles. The van der Waals surface area contributed by atoms with Crippen LogP contribution in [0.2, 0.25) is 10.0 Å². The van der Waals surface area contributed by atoms with E-state index in [4.69, 9.17) is 27.9 Å². The van der Waals surface area contributed by atoms with Crippen LogP contribution in [0.15, 0.2) is 71.9 Å². The highest BCUT2D eigenvalue weighted by Gasteiger charge is 2.22. The third-order valence-corrected chi connectivity index (χ3v) is 7.81. The summed E-state index contributed by atoms with van der Waals surface area (Å²) in [4.78, 5) is 2.39. The molecule has 2 aromatic heterocycles. The van der Waals surface area contributed by atoms with Crippen LogP contribution in [0.3, 0.4) is 0 Å². The van der Waals surface area contributed by atoms with Crippen molar-refractivity contribution in [2.45, 2.75) is 11.3 Å². The molecule has 0 spiro atoms. The second-order valence-electron chi connectivity index (χ2n) is 8.06. The standard InChI is InChI=1S/C25H20Cl2FN3O3S/c1-31-14-15(17-4-2-3-5-22(17)31)10-11-34-16-6-9-23(20(28)12-16)35(32,33)30-21-8-7-18(26)24-19(27)13-29-25(21)24/h2-9,12-14,29-30H,10-11H2,1H3. The molecular weight excluding hydrogens is 512 g/mol. The Balaban J connectivity index is 1.32. The van der Waals surface area contributed by atoms with Gasteiger partial charge in [-0.3, -0.25) is 4.72 Å². The third-order valence-electron chi connectivity index (χ3n) is 5.79. The van der Waals surface area contributed by atoms with Crippen molar-refractivity contribution in [2.24, 2.45) is 7.05 Å². The lowest BCUT2D eigenvalue weighted by atomic mass is 10.1. The van der Waals surface area contributed by atoms with E-state index in [1.54, 1.807) is 0 Å². The molecule has 0 atom stereocenters. The number of hydrogen-bond acceptors (Lipinski definition) is 3. The van der Waals surface area contributed by atoms with Gasteiger partial charge in [0.2, 0.25) is 0 Å². The minimum absolute atomic E-state index is 0.200. The minimum atomic E-state index is -4.23. The van der Waals surface area contributed by atoms with Crippen LogP contribution in [0.5, 0.6) is 5.75 Å². The number of nitrogens with zero attached hydrogens (tertiary/aromatic N) is 1. The van der Waals surface area contributed by atoms with Gasteiger partial charge in [0.15, 0.2) is 0 Å². The number of benzene rings is 3. The van der Waals surface area contributed by atoms with E-state index < -0.39 is 20.7 Å². The average Bonchev–Trinajstić information content (AvgIpc) is 3.37. The van der Waals surface area contributed by atoms with E-state index in [2.05, 4.69) is 9.71 Å². The Kier molecular flexibility index (Phi) is 6.13. The predicted molar refractivity (Wildman–Crippen MR) is 138 cm³/mol. The van der Waals surface area contributed by atoms with Crippen molar-refractivity contribution in [2.75, 3.05) is 11.3 Å². The monoisotopic (exact) mass is 531 g/mol. The van der Waals surface area contributed by atoms with E-state index >= 15 is 0 Å². The zero-order valence-corrected chi connectivity index (χ0v) is 20.8. The van der Waals surface area contributed by atoms with Gasteiger partial charge in [0.25, 0.3) is 10.0 Å². The topological polar surface area (TPSA) is 76.1 Å². The van der Waals surface area contributed by atoms with Gasteiger partial charge in [-0.25, -0.2) is 12.8 Å². The molecule has 2 heterocycles. The number of aromatic amines is 1. The van der Waals surface area contributed by atoms with Crippen molar-refractivity contribution >= 4 is 60.7 Å². The third kappa shape index (κ3) is 4.45. The van der Waals surface area contributed by atoms with Gasteiger partial charge in [-0.05, 0) is 35.9 Å². The molecule has 10 heteroatoms. The van der Waals surface area contributed by atoms with Crippen molar-refractivity contribution in [3.05, 3.63) is 88.4 Å². The van der Waals surface area contributed by atoms with Gasteiger partial charge in [0, 0.05) is 48.2 Å².